The lowest BCUT2D eigenvalue weighted by molar-refractivity contribution is -0.123. The number of hydrogen-bond donors (Lipinski definition) is 1. The van der Waals surface area contributed by atoms with Crippen molar-refractivity contribution in [1.82, 2.24) is 9.62 Å². The summed E-state index contributed by atoms with van der Waals surface area (Å²) < 4.78 is 24.2. The fourth-order valence-corrected chi connectivity index (χ4v) is 3.73. The predicted octanol–water partition coefficient (Wildman–Crippen LogP) is 0.325. The number of rotatable bonds is 2. The van der Waals surface area contributed by atoms with Gasteiger partial charge in [0.2, 0.25) is 10.0 Å². The second-order valence-corrected chi connectivity index (χ2v) is 7.02. The van der Waals surface area contributed by atoms with Gasteiger partial charge in [-0.2, -0.15) is 0 Å². The number of likely N-dealkylation sites (tertiary alicyclic amines) is 1. The van der Waals surface area contributed by atoms with E-state index in [0.29, 0.717) is 12.0 Å². The van der Waals surface area contributed by atoms with Crippen LogP contribution in [0.1, 0.15) is 32.1 Å². The van der Waals surface area contributed by atoms with Crippen LogP contribution in [0.5, 0.6) is 0 Å². The minimum Gasteiger partial charge on any atom is -0.292 e. The quantitative estimate of drug-likeness (QED) is 0.777. The van der Waals surface area contributed by atoms with Crippen LogP contribution in [0.15, 0.2) is 0 Å². The van der Waals surface area contributed by atoms with Crippen LogP contribution in [0.2, 0.25) is 0 Å². The van der Waals surface area contributed by atoms with Crippen molar-refractivity contribution in [3.05, 3.63) is 0 Å². The van der Waals surface area contributed by atoms with E-state index in [0.717, 1.165) is 25.5 Å². The second-order valence-electron chi connectivity index (χ2n) is 5.27. The van der Waals surface area contributed by atoms with E-state index in [-0.39, 0.29) is 11.9 Å². The molecule has 1 aliphatic heterocycles. The highest BCUT2D eigenvalue weighted by atomic mass is 32.2. The van der Waals surface area contributed by atoms with Crippen LogP contribution in [0.3, 0.4) is 0 Å². The lowest BCUT2D eigenvalue weighted by Crippen LogP contribution is -2.45. The van der Waals surface area contributed by atoms with E-state index in [4.69, 9.17) is 0 Å². The highest BCUT2D eigenvalue weighted by Gasteiger charge is 2.43. The Balaban J connectivity index is 2.05. The number of likely N-dealkylation sites (N-methyl/N-ethyl adjacent to an activating group) is 1. The van der Waals surface area contributed by atoms with Crippen molar-refractivity contribution in [3.63, 3.8) is 0 Å². The maximum Gasteiger partial charge on any atom is 0.250 e. The Labute approximate surface area is 103 Å². The molecule has 0 spiro atoms. The van der Waals surface area contributed by atoms with Gasteiger partial charge >= 0.3 is 0 Å². The molecule has 6 heteroatoms. The van der Waals surface area contributed by atoms with Gasteiger partial charge in [-0.25, -0.2) is 8.42 Å². The molecule has 2 unspecified atom stereocenters. The van der Waals surface area contributed by atoms with E-state index in [2.05, 4.69) is 9.62 Å². The number of nitrogens with one attached hydrogen (secondary N) is 1. The van der Waals surface area contributed by atoms with Crippen molar-refractivity contribution in [2.75, 3.05) is 13.3 Å². The molecule has 1 saturated heterocycles. The lowest BCUT2D eigenvalue weighted by atomic mass is 9.85. The summed E-state index contributed by atoms with van der Waals surface area (Å²) in [6.07, 6.45) is 6.55. The Morgan fingerprint density at radius 1 is 1.29 bits per heavy atom. The highest BCUT2D eigenvalue weighted by molar-refractivity contribution is 7.89. The topological polar surface area (TPSA) is 66.5 Å². The third kappa shape index (κ3) is 2.80. The molecule has 1 aliphatic carbocycles. The number of fused-ring (bicyclic) bond motifs is 1. The Morgan fingerprint density at radius 3 is 2.53 bits per heavy atom. The fraction of sp³-hybridized carbons (Fsp3) is 0.909. The Kier molecular flexibility index (Phi) is 3.45. The van der Waals surface area contributed by atoms with Crippen molar-refractivity contribution in [2.24, 2.45) is 5.92 Å². The van der Waals surface area contributed by atoms with E-state index >= 15 is 0 Å². The van der Waals surface area contributed by atoms with Gasteiger partial charge in [0.15, 0.2) is 0 Å². The molecule has 2 fully saturated rings. The smallest absolute Gasteiger partial charge is 0.250 e. The van der Waals surface area contributed by atoms with Gasteiger partial charge in [-0.1, -0.05) is 12.8 Å². The summed E-state index contributed by atoms with van der Waals surface area (Å²) in [6, 6.07) is 0.178. The van der Waals surface area contributed by atoms with Gasteiger partial charge in [-0.3, -0.25) is 14.4 Å². The van der Waals surface area contributed by atoms with E-state index in [9.17, 15) is 13.2 Å². The molecule has 1 saturated carbocycles. The normalized spacial score (nSPS) is 34.4. The highest BCUT2D eigenvalue weighted by Crippen LogP contribution is 2.38. The van der Waals surface area contributed by atoms with Crippen LogP contribution in [-0.2, 0) is 14.8 Å². The average Bonchev–Trinajstić information content (AvgIpc) is 2.55. The number of nitrogens with zero attached hydrogens (tertiary/aromatic N) is 1. The standard InChI is InChI=1S/C11H20N2O3S/c1-13-9-6-4-3-5-8(9)7-10(13)11(14)12-17(2,15)16/h8-10H,3-7H2,1-2H3,(H,12,14)/t8?,9-,10?/m0/s1. The molecule has 98 valence electrons. The predicted molar refractivity (Wildman–Crippen MR) is 64.9 cm³/mol. The summed E-state index contributed by atoms with van der Waals surface area (Å²) in [7, 11) is -1.51. The summed E-state index contributed by atoms with van der Waals surface area (Å²) in [4.78, 5) is 13.9. The number of hydrogen-bond acceptors (Lipinski definition) is 4. The summed E-state index contributed by atoms with van der Waals surface area (Å²) in [6.45, 7) is 0. The van der Waals surface area contributed by atoms with E-state index in [1.165, 1.54) is 12.8 Å². The van der Waals surface area contributed by atoms with E-state index in [1.54, 1.807) is 0 Å². The molecule has 1 N–H and O–H groups in total. The molecule has 0 radical (unpaired) electrons. The molecule has 1 heterocycles. The van der Waals surface area contributed by atoms with Crippen molar-refractivity contribution in [3.8, 4) is 0 Å². The summed E-state index contributed by atoms with van der Waals surface area (Å²) in [5.74, 6) is 0.188. The molecule has 0 bridgehead atoms. The van der Waals surface area contributed by atoms with Crippen LogP contribution >= 0.6 is 0 Å². The van der Waals surface area contributed by atoms with Crippen LogP contribution in [0.4, 0.5) is 0 Å². The van der Waals surface area contributed by atoms with Gasteiger partial charge in [0, 0.05) is 6.04 Å². The molecule has 0 aromatic heterocycles. The zero-order valence-electron chi connectivity index (χ0n) is 10.3. The maximum absolute atomic E-state index is 11.9. The molecule has 0 aromatic carbocycles. The minimum absolute atomic E-state index is 0.280. The maximum atomic E-state index is 11.9. The Hall–Kier alpha value is -0.620. The lowest BCUT2D eigenvalue weighted by Gasteiger charge is -2.30. The average molecular weight is 260 g/mol. The summed E-state index contributed by atoms with van der Waals surface area (Å²) in [5, 5.41) is 0. The summed E-state index contributed by atoms with van der Waals surface area (Å²) in [5.41, 5.74) is 0. The Morgan fingerprint density at radius 2 is 1.94 bits per heavy atom. The van der Waals surface area contributed by atoms with Crippen LogP contribution in [0.25, 0.3) is 0 Å². The third-order valence-corrected chi connectivity index (χ3v) is 4.57. The van der Waals surface area contributed by atoms with Crippen LogP contribution in [-0.4, -0.2) is 44.6 Å². The van der Waals surface area contributed by atoms with Crippen LogP contribution < -0.4 is 4.72 Å². The minimum atomic E-state index is -3.44. The van der Waals surface area contributed by atoms with Gasteiger partial charge in [-0.15, -0.1) is 0 Å². The number of carbonyl (C=O) groups excluding carboxylic acids is 1. The zero-order chi connectivity index (χ0) is 12.6. The first-order valence-corrected chi connectivity index (χ1v) is 8.01. The third-order valence-electron chi connectivity index (χ3n) is 4.00. The molecule has 2 aliphatic rings. The molecule has 0 aromatic rings. The SMILES string of the molecule is CN1C(C(=O)NS(C)(=O)=O)CC2CCCC[C@@H]21. The molecular formula is C11H20N2O3S. The van der Waals surface area contributed by atoms with Gasteiger partial charge < -0.3 is 0 Å². The zero-order valence-corrected chi connectivity index (χ0v) is 11.2. The monoisotopic (exact) mass is 260 g/mol. The first-order valence-electron chi connectivity index (χ1n) is 6.12. The number of sulfonamides is 1. The van der Waals surface area contributed by atoms with Gasteiger partial charge in [0.05, 0.1) is 12.3 Å². The molecule has 3 atom stereocenters. The molecule has 2 rings (SSSR count). The van der Waals surface area contributed by atoms with Gasteiger partial charge in [-0.05, 0) is 32.2 Å². The van der Waals surface area contributed by atoms with Crippen LogP contribution in [0, 0.1) is 5.92 Å². The summed E-state index contributed by atoms with van der Waals surface area (Å²) >= 11 is 0. The molecule has 17 heavy (non-hydrogen) atoms. The Bertz CT molecular complexity index is 407. The van der Waals surface area contributed by atoms with Gasteiger partial charge in [0.25, 0.3) is 5.91 Å². The van der Waals surface area contributed by atoms with Gasteiger partial charge in [0.1, 0.15) is 0 Å². The van der Waals surface area contributed by atoms with E-state index < -0.39 is 10.0 Å². The molecular weight excluding hydrogens is 240 g/mol. The van der Waals surface area contributed by atoms with Crippen molar-refractivity contribution in [1.29, 1.82) is 0 Å². The molecule has 1 amide bonds. The number of amides is 1. The first kappa shape index (κ1) is 12.8. The second kappa shape index (κ2) is 4.57. The fourth-order valence-electron chi connectivity index (χ4n) is 3.23. The first-order chi connectivity index (χ1) is 7.88. The number of carbonyl (C=O) groups is 1. The van der Waals surface area contributed by atoms with Crippen molar-refractivity contribution < 1.29 is 13.2 Å². The van der Waals surface area contributed by atoms with Crippen molar-refractivity contribution in [2.45, 2.75) is 44.2 Å². The van der Waals surface area contributed by atoms with Crippen molar-refractivity contribution >= 4 is 15.9 Å². The molecule has 5 nitrogen and oxygen atoms in total. The largest absolute Gasteiger partial charge is 0.292 e. The van der Waals surface area contributed by atoms with E-state index in [1.807, 2.05) is 7.05 Å².